The fourth-order valence-corrected chi connectivity index (χ4v) is 2.40. The Morgan fingerprint density at radius 2 is 2.14 bits per heavy atom. The number of benzene rings is 1. The molecule has 1 saturated heterocycles. The highest BCUT2D eigenvalue weighted by atomic mass is 19.1. The van der Waals surface area contributed by atoms with Crippen LogP contribution in [0.3, 0.4) is 0 Å². The minimum Gasteiger partial charge on any atom is -0.488 e. The van der Waals surface area contributed by atoms with Gasteiger partial charge in [-0.2, -0.15) is 0 Å². The van der Waals surface area contributed by atoms with Crippen LogP contribution in [-0.4, -0.2) is 36.6 Å². The van der Waals surface area contributed by atoms with Gasteiger partial charge >= 0.3 is 0 Å². The standard InChI is InChI=1S/C16H24FN3O/c1-2-14(21-15-8-6-7-13(17)11-15)12-19-16(18)20-9-4-3-5-10-20/h6-8,11,14H,2-5,9-10,12H2,1H3,(H2,18,19). The van der Waals surface area contributed by atoms with Crippen molar-refractivity contribution in [3.05, 3.63) is 30.1 Å². The van der Waals surface area contributed by atoms with Crippen molar-refractivity contribution in [1.29, 1.82) is 0 Å². The Morgan fingerprint density at radius 3 is 2.81 bits per heavy atom. The largest absolute Gasteiger partial charge is 0.488 e. The maximum atomic E-state index is 13.1. The van der Waals surface area contributed by atoms with Gasteiger partial charge in [0, 0.05) is 19.2 Å². The summed E-state index contributed by atoms with van der Waals surface area (Å²) in [6.45, 7) is 4.49. The Kier molecular flexibility index (Phi) is 5.84. The Bertz CT molecular complexity index is 472. The van der Waals surface area contributed by atoms with Crippen LogP contribution in [0.4, 0.5) is 4.39 Å². The van der Waals surface area contributed by atoms with Crippen LogP contribution in [-0.2, 0) is 0 Å². The smallest absolute Gasteiger partial charge is 0.191 e. The van der Waals surface area contributed by atoms with Gasteiger partial charge in [0.1, 0.15) is 17.7 Å². The molecule has 116 valence electrons. The Morgan fingerprint density at radius 1 is 1.38 bits per heavy atom. The van der Waals surface area contributed by atoms with E-state index in [0.717, 1.165) is 19.5 Å². The monoisotopic (exact) mass is 293 g/mol. The highest BCUT2D eigenvalue weighted by Gasteiger charge is 2.13. The molecule has 21 heavy (non-hydrogen) atoms. The first-order chi connectivity index (χ1) is 10.2. The van der Waals surface area contributed by atoms with Crippen molar-refractivity contribution in [3.8, 4) is 5.75 Å². The molecule has 0 saturated carbocycles. The van der Waals surface area contributed by atoms with Crippen molar-refractivity contribution in [2.24, 2.45) is 10.7 Å². The molecule has 0 spiro atoms. The Balaban J connectivity index is 1.89. The number of piperidine rings is 1. The number of hydrogen-bond acceptors (Lipinski definition) is 2. The molecule has 1 atom stereocenters. The molecule has 2 N–H and O–H groups in total. The van der Waals surface area contributed by atoms with Gasteiger partial charge < -0.3 is 15.4 Å². The van der Waals surface area contributed by atoms with E-state index in [1.54, 1.807) is 12.1 Å². The van der Waals surface area contributed by atoms with Gasteiger partial charge in [-0.05, 0) is 37.8 Å². The Hall–Kier alpha value is -1.78. The number of nitrogens with two attached hydrogens (primary N) is 1. The van der Waals surface area contributed by atoms with Crippen molar-refractivity contribution < 1.29 is 9.13 Å². The average Bonchev–Trinajstić information content (AvgIpc) is 2.52. The van der Waals surface area contributed by atoms with Crippen molar-refractivity contribution in [1.82, 2.24) is 4.90 Å². The summed E-state index contributed by atoms with van der Waals surface area (Å²) in [4.78, 5) is 6.56. The van der Waals surface area contributed by atoms with E-state index < -0.39 is 0 Å². The molecule has 0 amide bonds. The summed E-state index contributed by atoms with van der Waals surface area (Å²) in [6.07, 6.45) is 4.33. The molecule has 1 aromatic carbocycles. The van der Waals surface area contributed by atoms with Gasteiger partial charge in [-0.3, -0.25) is 0 Å². The summed E-state index contributed by atoms with van der Waals surface area (Å²) in [5.74, 6) is 0.836. The second-order valence-corrected chi connectivity index (χ2v) is 5.35. The zero-order valence-corrected chi connectivity index (χ0v) is 12.6. The van der Waals surface area contributed by atoms with Crippen LogP contribution in [0.2, 0.25) is 0 Å². The number of likely N-dealkylation sites (tertiary alicyclic amines) is 1. The van der Waals surface area contributed by atoms with Crippen LogP contribution in [0, 0.1) is 5.82 Å². The van der Waals surface area contributed by atoms with Crippen LogP contribution in [0.5, 0.6) is 5.75 Å². The lowest BCUT2D eigenvalue weighted by Gasteiger charge is -2.27. The van der Waals surface area contributed by atoms with E-state index in [1.165, 1.54) is 31.4 Å². The predicted octanol–water partition coefficient (Wildman–Crippen LogP) is 2.78. The van der Waals surface area contributed by atoms with E-state index in [9.17, 15) is 4.39 Å². The van der Waals surface area contributed by atoms with Crippen LogP contribution < -0.4 is 10.5 Å². The lowest BCUT2D eigenvalue weighted by molar-refractivity contribution is 0.204. The van der Waals surface area contributed by atoms with Gasteiger partial charge in [0.25, 0.3) is 0 Å². The quantitative estimate of drug-likeness (QED) is 0.671. The fraction of sp³-hybridized carbons (Fsp3) is 0.562. The summed E-state index contributed by atoms with van der Waals surface area (Å²) < 4.78 is 18.9. The summed E-state index contributed by atoms with van der Waals surface area (Å²) in [7, 11) is 0. The topological polar surface area (TPSA) is 50.8 Å². The lowest BCUT2D eigenvalue weighted by Crippen LogP contribution is -2.41. The molecule has 0 aromatic heterocycles. The molecule has 1 aromatic rings. The second-order valence-electron chi connectivity index (χ2n) is 5.35. The third-order valence-corrected chi connectivity index (χ3v) is 3.69. The highest BCUT2D eigenvalue weighted by molar-refractivity contribution is 5.78. The van der Waals surface area contributed by atoms with Crippen molar-refractivity contribution in [3.63, 3.8) is 0 Å². The Labute approximate surface area is 125 Å². The number of halogens is 1. The van der Waals surface area contributed by atoms with Gasteiger partial charge in [-0.25, -0.2) is 9.38 Å². The van der Waals surface area contributed by atoms with E-state index in [1.807, 2.05) is 6.92 Å². The van der Waals surface area contributed by atoms with Gasteiger partial charge in [0.15, 0.2) is 5.96 Å². The molecular formula is C16H24FN3O. The molecule has 2 rings (SSSR count). The van der Waals surface area contributed by atoms with Gasteiger partial charge in [-0.15, -0.1) is 0 Å². The third kappa shape index (κ3) is 4.92. The normalized spacial score (nSPS) is 17.6. The molecule has 1 aliphatic rings. The van der Waals surface area contributed by atoms with Crippen molar-refractivity contribution in [2.75, 3.05) is 19.6 Å². The SMILES string of the molecule is CCC(CN=C(N)N1CCCCC1)Oc1cccc(F)c1. The molecule has 5 heteroatoms. The molecule has 1 heterocycles. The summed E-state index contributed by atoms with van der Waals surface area (Å²) >= 11 is 0. The molecule has 1 unspecified atom stereocenters. The molecule has 0 aliphatic carbocycles. The maximum Gasteiger partial charge on any atom is 0.191 e. The first-order valence-corrected chi connectivity index (χ1v) is 7.66. The second kappa shape index (κ2) is 7.86. The number of rotatable bonds is 5. The van der Waals surface area contributed by atoms with Gasteiger partial charge in [0.2, 0.25) is 0 Å². The van der Waals surface area contributed by atoms with Crippen LogP contribution in [0.25, 0.3) is 0 Å². The first kappa shape index (κ1) is 15.6. The number of nitrogens with zero attached hydrogens (tertiary/aromatic N) is 2. The highest BCUT2D eigenvalue weighted by Crippen LogP contribution is 2.15. The summed E-state index contributed by atoms with van der Waals surface area (Å²) in [5, 5.41) is 0. The maximum absolute atomic E-state index is 13.1. The fourth-order valence-electron chi connectivity index (χ4n) is 2.40. The summed E-state index contributed by atoms with van der Waals surface area (Å²) in [6, 6.07) is 6.19. The predicted molar refractivity (Wildman–Crippen MR) is 83.0 cm³/mol. The van der Waals surface area contributed by atoms with Crippen LogP contribution >= 0.6 is 0 Å². The number of hydrogen-bond donors (Lipinski definition) is 1. The van der Waals surface area contributed by atoms with E-state index in [4.69, 9.17) is 10.5 Å². The number of ether oxygens (including phenoxy) is 1. The zero-order chi connectivity index (χ0) is 15.1. The first-order valence-electron chi connectivity index (χ1n) is 7.66. The molecule has 0 radical (unpaired) electrons. The van der Waals surface area contributed by atoms with E-state index >= 15 is 0 Å². The van der Waals surface area contributed by atoms with E-state index in [0.29, 0.717) is 18.3 Å². The summed E-state index contributed by atoms with van der Waals surface area (Å²) in [5.41, 5.74) is 6.03. The minimum absolute atomic E-state index is 0.0878. The van der Waals surface area contributed by atoms with E-state index in [2.05, 4.69) is 9.89 Å². The van der Waals surface area contributed by atoms with Crippen LogP contribution in [0.1, 0.15) is 32.6 Å². The third-order valence-electron chi connectivity index (χ3n) is 3.69. The van der Waals surface area contributed by atoms with Gasteiger partial charge in [0.05, 0.1) is 6.54 Å². The molecule has 1 fully saturated rings. The molecule has 0 bridgehead atoms. The minimum atomic E-state index is -0.293. The molecular weight excluding hydrogens is 269 g/mol. The molecule has 4 nitrogen and oxygen atoms in total. The lowest BCUT2D eigenvalue weighted by atomic mass is 10.1. The van der Waals surface area contributed by atoms with Crippen molar-refractivity contribution >= 4 is 5.96 Å². The number of guanidine groups is 1. The van der Waals surface area contributed by atoms with Crippen molar-refractivity contribution in [2.45, 2.75) is 38.7 Å². The molecule has 1 aliphatic heterocycles. The van der Waals surface area contributed by atoms with E-state index in [-0.39, 0.29) is 11.9 Å². The average molecular weight is 293 g/mol. The van der Waals surface area contributed by atoms with Gasteiger partial charge in [-0.1, -0.05) is 13.0 Å². The van der Waals surface area contributed by atoms with Crippen LogP contribution in [0.15, 0.2) is 29.3 Å². The zero-order valence-electron chi connectivity index (χ0n) is 12.6. The number of aliphatic imine (C=N–C) groups is 1.